The van der Waals surface area contributed by atoms with Gasteiger partial charge in [-0.25, -0.2) is 4.79 Å². The van der Waals surface area contributed by atoms with E-state index in [9.17, 15) is 9.59 Å². The van der Waals surface area contributed by atoms with Gasteiger partial charge < -0.3 is 10.5 Å². The topological polar surface area (TPSA) is 69.4 Å². The summed E-state index contributed by atoms with van der Waals surface area (Å²) >= 11 is 0. The number of rotatable bonds is 3. The van der Waals surface area contributed by atoms with E-state index >= 15 is 0 Å². The Morgan fingerprint density at radius 1 is 0.955 bits per heavy atom. The average molecular weight is 297 g/mol. The van der Waals surface area contributed by atoms with E-state index in [-0.39, 0.29) is 5.78 Å². The number of hydrogen-bond donors (Lipinski definition) is 1. The van der Waals surface area contributed by atoms with Crippen LogP contribution in [0, 0.1) is 0 Å². The van der Waals surface area contributed by atoms with Crippen LogP contribution in [-0.4, -0.2) is 17.4 Å². The minimum Gasteiger partial charge on any atom is -0.456 e. The fourth-order valence-electron chi connectivity index (χ4n) is 1.98. The summed E-state index contributed by atoms with van der Waals surface area (Å²) < 4.78 is 5.31. The molecule has 0 unspecified atom stereocenters. The van der Waals surface area contributed by atoms with E-state index in [4.69, 9.17) is 10.5 Å². The molecular weight excluding hydrogens is 278 g/mol. The first kappa shape index (κ1) is 15.8. The predicted octanol–water partition coefficient (Wildman–Crippen LogP) is 3.46. The maximum absolute atomic E-state index is 12.5. The molecule has 0 amide bonds. The molecule has 2 aromatic rings. The zero-order valence-electron chi connectivity index (χ0n) is 12.9. The summed E-state index contributed by atoms with van der Waals surface area (Å²) in [5, 5.41) is 0. The number of hydrogen-bond acceptors (Lipinski definition) is 4. The van der Waals surface area contributed by atoms with E-state index in [1.54, 1.807) is 63.2 Å². The monoisotopic (exact) mass is 297 g/mol. The molecule has 0 aliphatic heterocycles. The van der Waals surface area contributed by atoms with Crippen molar-refractivity contribution in [3.63, 3.8) is 0 Å². The Balaban J connectivity index is 2.31. The van der Waals surface area contributed by atoms with Gasteiger partial charge in [0.2, 0.25) is 0 Å². The van der Waals surface area contributed by atoms with Gasteiger partial charge in [-0.1, -0.05) is 24.3 Å². The Hall–Kier alpha value is -2.62. The highest BCUT2D eigenvalue weighted by Gasteiger charge is 2.19. The number of anilines is 1. The van der Waals surface area contributed by atoms with Crippen LogP contribution in [0.25, 0.3) is 0 Å². The lowest BCUT2D eigenvalue weighted by Crippen LogP contribution is -2.24. The van der Waals surface area contributed by atoms with Crippen molar-refractivity contribution in [2.24, 2.45) is 0 Å². The normalized spacial score (nSPS) is 11.0. The van der Waals surface area contributed by atoms with E-state index in [0.29, 0.717) is 22.4 Å². The summed E-state index contributed by atoms with van der Waals surface area (Å²) in [6.07, 6.45) is 0. The summed E-state index contributed by atoms with van der Waals surface area (Å²) in [5.74, 6) is -0.674. The lowest BCUT2D eigenvalue weighted by Gasteiger charge is -2.19. The van der Waals surface area contributed by atoms with E-state index < -0.39 is 11.6 Å². The number of ether oxygens (including phenoxy) is 1. The molecule has 2 rings (SSSR count). The zero-order valence-corrected chi connectivity index (χ0v) is 12.9. The van der Waals surface area contributed by atoms with Crippen molar-refractivity contribution >= 4 is 17.4 Å². The van der Waals surface area contributed by atoms with E-state index in [1.807, 2.05) is 0 Å². The van der Waals surface area contributed by atoms with Gasteiger partial charge in [-0.15, -0.1) is 0 Å². The molecule has 0 heterocycles. The first-order valence-electron chi connectivity index (χ1n) is 7.00. The Labute approximate surface area is 129 Å². The Morgan fingerprint density at radius 2 is 1.59 bits per heavy atom. The van der Waals surface area contributed by atoms with Gasteiger partial charge in [0.1, 0.15) is 5.60 Å². The molecule has 2 aromatic carbocycles. The Morgan fingerprint density at radius 3 is 2.23 bits per heavy atom. The second-order valence-electron chi connectivity index (χ2n) is 6.00. The van der Waals surface area contributed by atoms with E-state index in [2.05, 4.69) is 0 Å². The zero-order chi connectivity index (χ0) is 16.3. The van der Waals surface area contributed by atoms with Gasteiger partial charge in [0.05, 0.1) is 5.56 Å². The predicted molar refractivity (Wildman–Crippen MR) is 85.9 cm³/mol. The molecule has 0 saturated carbocycles. The standard InChI is InChI=1S/C18H19NO3/c1-18(2,3)22-17(21)13-8-6-7-12(11-13)16(20)14-9-4-5-10-15(14)19/h4-11H,19H2,1-3H3. The molecule has 0 spiro atoms. The Bertz CT molecular complexity index is 714. The van der Waals surface area contributed by atoms with Gasteiger partial charge in [0, 0.05) is 16.8 Å². The number of carbonyl (C=O) groups is 2. The summed E-state index contributed by atoms with van der Waals surface area (Å²) in [7, 11) is 0. The lowest BCUT2D eigenvalue weighted by atomic mass is 10.00. The van der Waals surface area contributed by atoms with Crippen molar-refractivity contribution < 1.29 is 14.3 Å². The number of ketones is 1. The number of nitrogen functional groups attached to an aromatic ring is 1. The molecule has 4 heteroatoms. The molecule has 0 radical (unpaired) electrons. The van der Waals surface area contributed by atoms with Gasteiger partial charge in [-0.3, -0.25) is 4.79 Å². The van der Waals surface area contributed by atoms with Gasteiger partial charge in [0.15, 0.2) is 5.78 Å². The first-order chi connectivity index (χ1) is 10.3. The van der Waals surface area contributed by atoms with Gasteiger partial charge >= 0.3 is 5.97 Å². The fraction of sp³-hybridized carbons (Fsp3) is 0.222. The summed E-state index contributed by atoms with van der Waals surface area (Å²) in [5.41, 5.74) is 6.82. The number of nitrogens with two attached hydrogens (primary N) is 1. The highest BCUT2D eigenvalue weighted by Crippen LogP contribution is 2.18. The van der Waals surface area contributed by atoms with Crippen molar-refractivity contribution in [1.82, 2.24) is 0 Å². The molecule has 4 nitrogen and oxygen atoms in total. The molecule has 0 atom stereocenters. The van der Waals surface area contributed by atoms with Gasteiger partial charge in [-0.2, -0.15) is 0 Å². The van der Waals surface area contributed by atoms with Gasteiger partial charge in [0.25, 0.3) is 0 Å². The van der Waals surface area contributed by atoms with Crippen LogP contribution in [0.5, 0.6) is 0 Å². The SMILES string of the molecule is CC(C)(C)OC(=O)c1cccc(C(=O)c2ccccc2N)c1. The number of para-hydroxylation sites is 1. The molecule has 0 aliphatic carbocycles. The van der Waals surface area contributed by atoms with Crippen LogP contribution in [0.4, 0.5) is 5.69 Å². The quantitative estimate of drug-likeness (QED) is 0.535. The molecule has 22 heavy (non-hydrogen) atoms. The molecule has 114 valence electrons. The molecule has 0 fully saturated rings. The summed E-state index contributed by atoms with van der Waals surface area (Å²) in [6.45, 7) is 5.39. The molecule has 0 aromatic heterocycles. The first-order valence-corrected chi connectivity index (χ1v) is 7.00. The molecule has 0 bridgehead atoms. The highest BCUT2D eigenvalue weighted by molar-refractivity contribution is 6.12. The van der Waals surface area contributed by atoms with Crippen LogP contribution in [0.2, 0.25) is 0 Å². The van der Waals surface area contributed by atoms with Gasteiger partial charge in [-0.05, 0) is 45.0 Å². The van der Waals surface area contributed by atoms with Crippen LogP contribution in [0.1, 0.15) is 47.1 Å². The minimum atomic E-state index is -0.582. The number of esters is 1. The smallest absolute Gasteiger partial charge is 0.338 e. The second kappa shape index (κ2) is 6.02. The van der Waals surface area contributed by atoms with Crippen molar-refractivity contribution in [2.45, 2.75) is 26.4 Å². The lowest BCUT2D eigenvalue weighted by molar-refractivity contribution is 0.00695. The van der Waals surface area contributed by atoms with Crippen molar-refractivity contribution in [3.05, 3.63) is 65.2 Å². The van der Waals surface area contributed by atoms with Crippen LogP contribution >= 0.6 is 0 Å². The van der Waals surface area contributed by atoms with Crippen molar-refractivity contribution in [3.8, 4) is 0 Å². The number of carbonyl (C=O) groups excluding carboxylic acids is 2. The summed E-state index contributed by atoms with van der Waals surface area (Å²) in [4.78, 5) is 24.6. The maximum Gasteiger partial charge on any atom is 0.338 e. The maximum atomic E-state index is 12.5. The fourth-order valence-corrected chi connectivity index (χ4v) is 1.98. The molecule has 0 saturated heterocycles. The van der Waals surface area contributed by atoms with Crippen molar-refractivity contribution in [2.75, 3.05) is 5.73 Å². The molecular formula is C18H19NO3. The third kappa shape index (κ3) is 3.73. The molecule has 2 N–H and O–H groups in total. The van der Waals surface area contributed by atoms with Crippen molar-refractivity contribution in [1.29, 1.82) is 0 Å². The average Bonchev–Trinajstić information content (AvgIpc) is 2.45. The second-order valence-corrected chi connectivity index (χ2v) is 6.00. The van der Waals surface area contributed by atoms with E-state index in [0.717, 1.165) is 0 Å². The van der Waals surface area contributed by atoms with E-state index in [1.165, 1.54) is 6.07 Å². The third-order valence-corrected chi connectivity index (χ3v) is 2.96. The van der Waals surface area contributed by atoms with Crippen LogP contribution in [0.15, 0.2) is 48.5 Å². The van der Waals surface area contributed by atoms with Crippen LogP contribution in [0.3, 0.4) is 0 Å². The Kier molecular flexibility index (Phi) is 4.31. The minimum absolute atomic E-state index is 0.219. The molecule has 0 aliphatic rings. The highest BCUT2D eigenvalue weighted by atomic mass is 16.6. The van der Waals surface area contributed by atoms with Crippen LogP contribution < -0.4 is 5.73 Å². The summed E-state index contributed by atoms with van der Waals surface area (Å²) in [6, 6.07) is 13.3. The van der Waals surface area contributed by atoms with Crippen LogP contribution in [-0.2, 0) is 4.74 Å². The third-order valence-electron chi connectivity index (χ3n) is 2.96. The number of benzene rings is 2. The largest absolute Gasteiger partial charge is 0.456 e.